The molecule has 2 aromatic rings. The summed E-state index contributed by atoms with van der Waals surface area (Å²) in [4.78, 5) is 14.6. The van der Waals surface area contributed by atoms with Gasteiger partial charge in [0.1, 0.15) is 11.4 Å². The number of hydrogen-bond acceptors (Lipinski definition) is 3. The number of ether oxygens (including phenoxy) is 1. The van der Waals surface area contributed by atoms with Crippen LogP contribution in [-0.2, 0) is 4.74 Å². The average Bonchev–Trinajstić information content (AvgIpc) is 2.67. The van der Waals surface area contributed by atoms with E-state index in [0.717, 1.165) is 0 Å². The van der Waals surface area contributed by atoms with Crippen molar-refractivity contribution in [1.82, 2.24) is 4.98 Å². The van der Waals surface area contributed by atoms with Gasteiger partial charge >= 0.3 is 5.97 Å². The summed E-state index contributed by atoms with van der Waals surface area (Å²) in [5.74, 6) is -0.0623. The molecule has 0 aliphatic rings. The van der Waals surface area contributed by atoms with Gasteiger partial charge in [0.15, 0.2) is 0 Å². The number of H-pyrrole nitrogens is 1. The fraction of sp³-hybridized carbons (Fsp3) is 0.182. The number of carbonyl (C=O) groups excluding carboxylic acids is 1. The summed E-state index contributed by atoms with van der Waals surface area (Å²) in [7, 11) is 0. The Bertz CT molecular complexity index is 567. The van der Waals surface area contributed by atoms with Gasteiger partial charge in [0.05, 0.1) is 22.0 Å². The fourth-order valence-electron chi connectivity index (χ4n) is 1.52. The Hall–Kier alpha value is -1.49. The summed E-state index contributed by atoms with van der Waals surface area (Å²) < 4.78 is 12.4. The van der Waals surface area contributed by atoms with Crippen LogP contribution in [-0.4, -0.2) is 24.1 Å². The van der Waals surface area contributed by atoms with E-state index in [9.17, 15) is 4.79 Å². The lowest BCUT2D eigenvalue weighted by molar-refractivity contribution is 0.0519. The molecule has 1 aromatic heterocycles. The van der Waals surface area contributed by atoms with Crippen molar-refractivity contribution in [1.29, 1.82) is 1.43 Å². The number of nitrogens with one attached hydrogen (secondary N) is 1. The molecule has 84 valence electrons. The van der Waals surface area contributed by atoms with Crippen LogP contribution >= 0.6 is 15.9 Å². The number of carbonyl (C=O) groups is 1. The van der Waals surface area contributed by atoms with Gasteiger partial charge in [-0.15, -0.1) is 0 Å². The van der Waals surface area contributed by atoms with E-state index >= 15 is 0 Å². The van der Waals surface area contributed by atoms with Gasteiger partial charge in [-0.2, -0.15) is 0 Å². The molecule has 5 heteroatoms. The van der Waals surface area contributed by atoms with Gasteiger partial charge in [0, 0.05) is 0 Å². The first kappa shape index (κ1) is 9.72. The molecule has 0 fully saturated rings. The normalized spacial score (nSPS) is 11.2. The Morgan fingerprint density at radius 2 is 2.50 bits per heavy atom. The van der Waals surface area contributed by atoms with Crippen molar-refractivity contribution in [2.45, 2.75) is 6.92 Å². The van der Waals surface area contributed by atoms with Gasteiger partial charge in [0.25, 0.3) is 1.43 Å². The molecule has 4 nitrogen and oxygen atoms in total. The summed E-state index contributed by atoms with van der Waals surface area (Å²) in [5, 5.41) is 5.17. The third-order valence-electron chi connectivity index (χ3n) is 2.20. The molecular weight excluding hydrogens is 274 g/mol. The van der Waals surface area contributed by atoms with Gasteiger partial charge in [-0.25, -0.2) is 4.79 Å². The minimum Gasteiger partial charge on any atom is -0.507 e. The number of aromatic nitrogens is 1. The molecule has 16 heavy (non-hydrogen) atoms. The molecule has 0 radical (unpaired) electrons. The first-order valence-electron chi connectivity index (χ1n) is 5.20. The number of fused-ring (bicyclic) bond motifs is 1. The molecule has 0 spiro atoms. The van der Waals surface area contributed by atoms with Crippen LogP contribution in [0.25, 0.3) is 10.9 Å². The van der Waals surface area contributed by atoms with Gasteiger partial charge in [-0.3, -0.25) is 0 Å². The van der Waals surface area contributed by atoms with Crippen molar-refractivity contribution in [3.8, 4) is 5.75 Å². The van der Waals surface area contributed by atoms with Crippen molar-refractivity contribution >= 4 is 32.8 Å². The van der Waals surface area contributed by atoms with E-state index in [1.165, 1.54) is 0 Å². The highest BCUT2D eigenvalue weighted by Gasteiger charge is 2.18. The molecule has 0 saturated carbocycles. The molecule has 2 rings (SSSR count). The van der Waals surface area contributed by atoms with Crippen LogP contribution in [0.5, 0.6) is 5.75 Å². The van der Waals surface area contributed by atoms with Gasteiger partial charge in [-0.05, 0) is 35.0 Å². The Kier molecular flexibility index (Phi) is 2.53. The van der Waals surface area contributed by atoms with Crippen LogP contribution in [0.2, 0.25) is 0 Å². The molecule has 2 N–H and O–H groups in total. The average molecular weight is 286 g/mol. The molecule has 0 amide bonds. The molecule has 0 aliphatic heterocycles. The topological polar surface area (TPSA) is 62.3 Å². The summed E-state index contributed by atoms with van der Waals surface area (Å²) in [6.07, 6.45) is 0. The highest BCUT2D eigenvalue weighted by Crippen LogP contribution is 2.34. The SMILES string of the molecule is [3H]Oc1cccc2[nH]c(C(=O)OCC)c(Br)c12. The maximum absolute atomic E-state index is 11.7. The van der Waals surface area contributed by atoms with Gasteiger partial charge < -0.3 is 14.8 Å². The first-order valence-corrected chi connectivity index (χ1v) is 5.58. The van der Waals surface area contributed by atoms with E-state index in [-0.39, 0.29) is 0 Å². The Balaban J connectivity index is 2.61. The minimum absolute atomic E-state index is 0.308. The molecule has 0 aliphatic carbocycles. The second-order valence-corrected chi connectivity index (χ2v) is 4.01. The maximum atomic E-state index is 11.7. The summed E-state index contributed by atoms with van der Waals surface area (Å²) in [6, 6.07) is 5.19. The van der Waals surface area contributed by atoms with Crippen molar-refractivity contribution in [3.63, 3.8) is 0 Å². The number of esters is 1. The first-order chi connectivity index (χ1) is 8.19. The number of phenols is 1. The highest BCUT2D eigenvalue weighted by molar-refractivity contribution is 9.10. The summed E-state index contributed by atoms with van der Waals surface area (Å²) in [6.45, 7) is 2.05. The number of hydrogen-bond donors (Lipinski definition) is 2. The van der Waals surface area contributed by atoms with Crippen molar-refractivity contribution < 1.29 is 14.6 Å². The fourth-order valence-corrected chi connectivity index (χ4v) is 2.19. The van der Waals surface area contributed by atoms with Crippen LogP contribution in [0.15, 0.2) is 22.7 Å². The molecular formula is C11H10BrNO3. The lowest BCUT2D eigenvalue weighted by atomic mass is 10.2. The van der Waals surface area contributed by atoms with Crippen LogP contribution in [0, 0.1) is 0 Å². The Labute approximate surface area is 102 Å². The Morgan fingerprint density at radius 3 is 3.19 bits per heavy atom. The second kappa shape index (κ2) is 4.17. The van der Waals surface area contributed by atoms with Gasteiger partial charge in [-0.1, -0.05) is 6.07 Å². The number of aromatic hydroxyl groups is 1. The van der Waals surface area contributed by atoms with E-state index in [2.05, 4.69) is 26.0 Å². The number of phenolic OH excluding ortho intramolecular Hbond substituents is 1. The van der Waals surface area contributed by atoms with Crippen LogP contribution < -0.4 is 0 Å². The summed E-state index contributed by atoms with van der Waals surface area (Å²) in [5.41, 5.74) is 1.04. The zero-order chi connectivity index (χ0) is 12.4. The number of halogens is 1. The molecule has 0 saturated heterocycles. The van der Waals surface area contributed by atoms with E-state index in [1.54, 1.807) is 25.1 Å². The zero-order valence-electron chi connectivity index (χ0n) is 9.54. The molecule has 1 aromatic carbocycles. The predicted molar refractivity (Wildman–Crippen MR) is 63.6 cm³/mol. The zero-order valence-corrected chi connectivity index (χ0v) is 10.1. The van der Waals surface area contributed by atoms with E-state index in [4.69, 9.17) is 6.17 Å². The van der Waals surface area contributed by atoms with Crippen molar-refractivity contribution in [2.75, 3.05) is 6.61 Å². The van der Waals surface area contributed by atoms with E-state index < -0.39 is 5.97 Å². The maximum Gasteiger partial charge on any atom is 0.355 e. The number of rotatable bonds is 3. The van der Waals surface area contributed by atoms with Crippen molar-refractivity contribution in [3.05, 3.63) is 28.4 Å². The van der Waals surface area contributed by atoms with Gasteiger partial charge in [0.2, 0.25) is 0 Å². The predicted octanol–water partition coefficient (Wildman–Crippen LogP) is 2.81. The molecule has 0 unspecified atom stereocenters. The smallest absolute Gasteiger partial charge is 0.355 e. The number of aromatic amines is 1. The molecule has 0 atom stereocenters. The van der Waals surface area contributed by atoms with Crippen LogP contribution in [0.1, 0.15) is 17.4 Å². The lowest BCUT2D eigenvalue weighted by Crippen LogP contribution is -2.05. The van der Waals surface area contributed by atoms with Crippen LogP contribution in [0.4, 0.5) is 0 Å². The summed E-state index contributed by atoms with van der Waals surface area (Å²) >= 11 is 3.32. The van der Waals surface area contributed by atoms with E-state index in [0.29, 0.717) is 33.4 Å². The number of benzene rings is 1. The minimum atomic E-state index is -0.438. The van der Waals surface area contributed by atoms with Crippen molar-refractivity contribution in [2.24, 2.45) is 0 Å². The third-order valence-corrected chi connectivity index (χ3v) is 3.00. The highest BCUT2D eigenvalue weighted by atomic mass is 79.9. The molecule has 0 bridgehead atoms. The quantitative estimate of drug-likeness (QED) is 0.853. The lowest BCUT2D eigenvalue weighted by Gasteiger charge is -1.98. The van der Waals surface area contributed by atoms with E-state index in [1.807, 2.05) is 0 Å². The Morgan fingerprint density at radius 1 is 1.69 bits per heavy atom. The standard InChI is InChI=1S/C11H10BrNO3/c1-2-16-11(15)10-9(12)8-6(13-10)4-3-5-7(8)14/h3-5,13-14H,2H2,1H3/i/hT. The third kappa shape index (κ3) is 1.67. The van der Waals surface area contributed by atoms with Crippen LogP contribution in [0.3, 0.4) is 0 Å². The largest absolute Gasteiger partial charge is 0.507 e. The second-order valence-electron chi connectivity index (χ2n) is 3.21. The monoisotopic (exact) mass is 285 g/mol. The molecule has 1 heterocycles.